The van der Waals surface area contributed by atoms with Crippen LogP contribution in [0.15, 0.2) is 34.9 Å². The van der Waals surface area contributed by atoms with Crippen molar-refractivity contribution in [2.24, 2.45) is 0 Å². The number of aromatic nitrogens is 4. The Morgan fingerprint density at radius 1 is 1.18 bits per heavy atom. The molecule has 0 atom stereocenters. The van der Waals surface area contributed by atoms with Gasteiger partial charge in [-0.15, -0.1) is 5.10 Å². The van der Waals surface area contributed by atoms with Crippen molar-refractivity contribution in [3.05, 3.63) is 36.2 Å². The molecule has 9 heteroatoms. The van der Waals surface area contributed by atoms with Crippen LogP contribution in [0.25, 0.3) is 11.1 Å². The van der Waals surface area contributed by atoms with E-state index in [0.717, 1.165) is 49.3 Å². The van der Waals surface area contributed by atoms with Crippen molar-refractivity contribution >= 4 is 23.0 Å². The van der Waals surface area contributed by atoms with Crippen LogP contribution in [0.4, 0.5) is 6.01 Å². The maximum atomic E-state index is 11.5. The van der Waals surface area contributed by atoms with Crippen LogP contribution < -0.4 is 10.2 Å². The molecule has 9 nitrogen and oxygen atoms in total. The lowest BCUT2D eigenvalue weighted by molar-refractivity contribution is -0.124. The number of piperidine rings is 1. The fraction of sp³-hybridized carbons (Fsp3) is 0.474. The third kappa shape index (κ3) is 3.45. The van der Waals surface area contributed by atoms with E-state index >= 15 is 0 Å². The highest BCUT2D eigenvalue weighted by atomic mass is 16.4. The fourth-order valence-electron chi connectivity index (χ4n) is 3.94. The largest absolute Gasteiger partial charge is 0.423 e. The van der Waals surface area contributed by atoms with E-state index in [4.69, 9.17) is 4.42 Å². The lowest BCUT2D eigenvalue weighted by atomic mass is 10.1. The van der Waals surface area contributed by atoms with Crippen LogP contribution in [0, 0.1) is 0 Å². The number of nitrogens with zero attached hydrogens (tertiary/aromatic N) is 6. The summed E-state index contributed by atoms with van der Waals surface area (Å²) in [6, 6.07) is 8.87. The molecule has 2 aromatic heterocycles. The van der Waals surface area contributed by atoms with Gasteiger partial charge in [-0.1, -0.05) is 17.3 Å². The van der Waals surface area contributed by atoms with Gasteiger partial charge in [0.1, 0.15) is 5.52 Å². The molecule has 0 bridgehead atoms. The SMILES string of the molecule is O=C1CN(Cc2cn(C3CCN(c4nc5ccccc5o4)CC3)nn2)CCN1. The summed E-state index contributed by atoms with van der Waals surface area (Å²) in [5, 5.41) is 11.5. The van der Waals surface area contributed by atoms with Gasteiger partial charge >= 0.3 is 0 Å². The Hall–Kier alpha value is -2.94. The molecular formula is C19H23N7O2. The highest BCUT2D eigenvalue weighted by molar-refractivity contribution is 5.78. The average Bonchev–Trinajstić information content (AvgIpc) is 3.35. The third-order valence-corrected chi connectivity index (χ3v) is 5.45. The molecule has 0 spiro atoms. The summed E-state index contributed by atoms with van der Waals surface area (Å²) in [7, 11) is 0. The Kier molecular flexibility index (Phi) is 4.44. The van der Waals surface area contributed by atoms with Crippen LogP contribution >= 0.6 is 0 Å². The van der Waals surface area contributed by atoms with Crippen LogP contribution in [-0.4, -0.2) is 63.5 Å². The van der Waals surface area contributed by atoms with Gasteiger partial charge in [-0.3, -0.25) is 9.69 Å². The fourth-order valence-corrected chi connectivity index (χ4v) is 3.94. The van der Waals surface area contributed by atoms with Crippen molar-refractivity contribution in [1.82, 2.24) is 30.2 Å². The molecule has 1 amide bonds. The summed E-state index contributed by atoms with van der Waals surface area (Å²) in [5.74, 6) is 0.0743. The summed E-state index contributed by atoms with van der Waals surface area (Å²) in [5.41, 5.74) is 2.63. The average molecular weight is 381 g/mol. The minimum Gasteiger partial charge on any atom is -0.423 e. The maximum absolute atomic E-state index is 11.5. The van der Waals surface area contributed by atoms with E-state index in [1.54, 1.807) is 0 Å². The second-order valence-corrected chi connectivity index (χ2v) is 7.43. The first-order chi connectivity index (χ1) is 13.7. The highest BCUT2D eigenvalue weighted by Gasteiger charge is 2.25. The van der Waals surface area contributed by atoms with E-state index in [9.17, 15) is 4.79 Å². The number of anilines is 1. The standard InChI is InChI=1S/C19H23N7O2/c27-18-13-24(10-7-20-18)11-14-12-26(23-22-14)15-5-8-25(9-6-15)19-21-16-3-1-2-4-17(16)28-19/h1-4,12,15H,5-11,13H2,(H,20,27). The predicted octanol–water partition coefficient (Wildman–Crippen LogP) is 1.19. The van der Waals surface area contributed by atoms with Gasteiger partial charge in [-0.05, 0) is 25.0 Å². The molecule has 2 aliphatic heterocycles. The maximum Gasteiger partial charge on any atom is 0.298 e. The summed E-state index contributed by atoms with van der Waals surface area (Å²) in [6.45, 7) is 4.38. The van der Waals surface area contributed by atoms with Gasteiger partial charge in [-0.2, -0.15) is 4.98 Å². The Morgan fingerprint density at radius 3 is 2.86 bits per heavy atom. The lowest BCUT2D eigenvalue weighted by Gasteiger charge is -2.30. The minimum absolute atomic E-state index is 0.0743. The van der Waals surface area contributed by atoms with Gasteiger partial charge in [0.25, 0.3) is 6.01 Å². The number of benzene rings is 1. The highest BCUT2D eigenvalue weighted by Crippen LogP contribution is 2.28. The molecule has 4 heterocycles. The number of piperazine rings is 1. The zero-order valence-electron chi connectivity index (χ0n) is 15.6. The van der Waals surface area contributed by atoms with Crippen molar-refractivity contribution in [2.75, 3.05) is 37.6 Å². The number of fused-ring (bicyclic) bond motifs is 1. The number of para-hydroxylation sites is 2. The smallest absolute Gasteiger partial charge is 0.298 e. The molecule has 0 unspecified atom stereocenters. The molecule has 1 aromatic carbocycles. The minimum atomic E-state index is 0.0743. The predicted molar refractivity (Wildman–Crippen MR) is 103 cm³/mol. The number of carbonyl (C=O) groups excluding carboxylic acids is 1. The molecule has 2 aliphatic rings. The Bertz CT molecular complexity index is 940. The second kappa shape index (κ2) is 7.23. The molecule has 2 fully saturated rings. The Morgan fingerprint density at radius 2 is 2.04 bits per heavy atom. The zero-order chi connectivity index (χ0) is 18.9. The molecule has 5 rings (SSSR count). The molecule has 28 heavy (non-hydrogen) atoms. The summed E-state index contributed by atoms with van der Waals surface area (Å²) >= 11 is 0. The molecule has 3 aromatic rings. The topological polar surface area (TPSA) is 92.3 Å². The van der Waals surface area contributed by atoms with E-state index in [2.05, 4.69) is 30.4 Å². The zero-order valence-corrected chi connectivity index (χ0v) is 15.6. The van der Waals surface area contributed by atoms with Gasteiger partial charge in [0.05, 0.1) is 24.5 Å². The molecule has 0 aliphatic carbocycles. The van der Waals surface area contributed by atoms with Crippen molar-refractivity contribution < 1.29 is 9.21 Å². The summed E-state index contributed by atoms with van der Waals surface area (Å²) < 4.78 is 7.86. The Balaban J connectivity index is 1.20. The monoisotopic (exact) mass is 381 g/mol. The number of rotatable bonds is 4. The molecule has 0 radical (unpaired) electrons. The quantitative estimate of drug-likeness (QED) is 0.726. The summed E-state index contributed by atoms with van der Waals surface area (Å²) in [6.07, 6.45) is 3.95. The molecular weight excluding hydrogens is 358 g/mol. The van der Waals surface area contributed by atoms with Gasteiger partial charge < -0.3 is 14.6 Å². The number of carbonyl (C=O) groups is 1. The van der Waals surface area contributed by atoms with Crippen molar-refractivity contribution in [2.45, 2.75) is 25.4 Å². The van der Waals surface area contributed by atoms with Gasteiger partial charge in [0.15, 0.2) is 5.58 Å². The summed E-state index contributed by atoms with van der Waals surface area (Å²) in [4.78, 5) is 20.4. The van der Waals surface area contributed by atoms with Crippen molar-refractivity contribution in [3.8, 4) is 0 Å². The van der Waals surface area contributed by atoms with Crippen LogP contribution in [-0.2, 0) is 11.3 Å². The first kappa shape index (κ1) is 17.2. The first-order valence-electron chi connectivity index (χ1n) is 9.75. The van der Waals surface area contributed by atoms with Gasteiger partial charge in [-0.25, -0.2) is 4.68 Å². The lowest BCUT2D eigenvalue weighted by Crippen LogP contribution is -2.47. The van der Waals surface area contributed by atoms with E-state index in [-0.39, 0.29) is 5.91 Å². The van der Waals surface area contributed by atoms with E-state index in [1.807, 2.05) is 35.1 Å². The molecule has 146 valence electrons. The van der Waals surface area contributed by atoms with Gasteiger partial charge in [0.2, 0.25) is 5.91 Å². The van der Waals surface area contributed by atoms with Crippen molar-refractivity contribution in [3.63, 3.8) is 0 Å². The van der Waals surface area contributed by atoms with Crippen LogP contribution in [0.3, 0.4) is 0 Å². The number of oxazole rings is 1. The Labute approximate surface area is 162 Å². The third-order valence-electron chi connectivity index (χ3n) is 5.45. The van der Waals surface area contributed by atoms with Crippen LogP contribution in [0.2, 0.25) is 0 Å². The normalized spacial score (nSPS) is 19.3. The number of nitrogens with one attached hydrogen (secondary N) is 1. The number of hydrogen-bond acceptors (Lipinski definition) is 7. The van der Waals surface area contributed by atoms with Crippen LogP contribution in [0.1, 0.15) is 24.6 Å². The first-order valence-corrected chi connectivity index (χ1v) is 9.75. The molecule has 1 N–H and O–H groups in total. The van der Waals surface area contributed by atoms with Crippen molar-refractivity contribution in [1.29, 1.82) is 0 Å². The van der Waals surface area contributed by atoms with Gasteiger partial charge in [0, 0.05) is 32.7 Å². The van der Waals surface area contributed by atoms with Crippen LogP contribution in [0.5, 0.6) is 0 Å². The number of amides is 1. The molecule has 0 saturated carbocycles. The van der Waals surface area contributed by atoms with E-state index in [1.165, 1.54) is 0 Å². The van der Waals surface area contributed by atoms with E-state index < -0.39 is 0 Å². The molecule has 2 saturated heterocycles. The number of hydrogen-bond donors (Lipinski definition) is 1. The van der Waals surface area contributed by atoms with E-state index in [0.29, 0.717) is 31.7 Å². The second-order valence-electron chi connectivity index (χ2n) is 7.43.